The molecule has 0 aliphatic rings. The Hall–Kier alpha value is -4.09. The van der Waals surface area contributed by atoms with E-state index in [9.17, 15) is 5.26 Å². The predicted octanol–water partition coefficient (Wildman–Crippen LogP) is 7.16. The number of fused-ring (bicyclic) bond motifs is 3. The highest BCUT2D eigenvalue weighted by Gasteiger charge is 2.12. The largest absolute Gasteiger partial charge is 0.309 e. The van der Waals surface area contributed by atoms with Gasteiger partial charge in [0.2, 0.25) is 0 Å². The second-order valence-corrected chi connectivity index (χ2v) is 7.50. The van der Waals surface area contributed by atoms with Crippen molar-refractivity contribution < 1.29 is 0 Å². The van der Waals surface area contributed by atoms with Crippen molar-refractivity contribution in [1.29, 1.82) is 5.26 Å². The SMILES string of the molecule is Cc1ccc(/C(C#N)=C/c2ccc3c(c2)c2ccccc2n3-c2ccccc2)cc1. The molecule has 0 aliphatic carbocycles. The fourth-order valence-electron chi connectivity index (χ4n) is 4.02. The second-order valence-electron chi connectivity index (χ2n) is 7.50. The van der Waals surface area contributed by atoms with E-state index in [1.54, 1.807) is 0 Å². The predicted molar refractivity (Wildman–Crippen MR) is 125 cm³/mol. The molecule has 5 aromatic rings. The van der Waals surface area contributed by atoms with Crippen molar-refractivity contribution in [3.63, 3.8) is 0 Å². The van der Waals surface area contributed by atoms with E-state index in [0.717, 1.165) is 22.3 Å². The molecule has 0 radical (unpaired) electrons. The summed E-state index contributed by atoms with van der Waals surface area (Å²) >= 11 is 0. The minimum Gasteiger partial charge on any atom is -0.309 e. The van der Waals surface area contributed by atoms with Crippen molar-refractivity contribution in [2.24, 2.45) is 0 Å². The molecule has 0 bridgehead atoms. The summed E-state index contributed by atoms with van der Waals surface area (Å²) in [5.41, 5.74) is 7.30. The maximum Gasteiger partial charge on any atom is 0.0998 e. The molecule has 0 atom stereocenters. The van der Waals surface area contributed by atoms with Crippen LogP contribution in [0, 0.1) is 18.3 Å². The molecule has 4 aromatic carbocycles. The van der Waals surface area contributed by atoms with Gasteiger partial charge in [0.05, 0.1) is 22.7 Å². The van der Waals surface area contributed by atoms with Gasteiger partial charge in [-0.25, -0.2) is 0 Å². The number of hydrogen-bond donors (Lipinski definition) is 0. The molecule has 0 saturated carbocycles. The van der Waals surface area contributed by atoms with Gasteiger partial charge in [0.25, 0.3) is 0 Å². The normalized spacial score (nSPS) is 11.7. The number of rotatable bonds is 3. The number of nitrogens with zero attached hydrogens (tertiary/aromatic N) is 2. The summed E-state index contributed by atoms with van der Waals surface area (Å²) < 4.78 is 2.29. The van der Waals surface area contributed by atoms with Crippen LogP contribution < -0.4 is 0 Å². The molecular weight excluding hydrogens is 364 g/mol. The second kappa shape index (κ2) is 7.39. The first kappa shape index (κ1) is 18.0. The number of hydrogen-bond acceptors (Lipinski definition) is 1. The lowest BCUT2D eigenvalue weighted by Crippen LogP contribution is -1.92. The number of benzene rings is 4. The Morgan fingerprint density at radius 2 is 1.47 bits per heavy atom. The van der Waals surface area contributed by atoms with Crippen LogP contribution in [0.3, 0.4) is 0 Å². The third kappa shape index (κ3) is 3.07. The van der Waals surface area contributed by atoms with Crippen molar-refractivity contribution in [2.75, 3.05) is 0 Å². The highest BCUT2D eigenvalue weighted by atomic mass is 15.0. The van der Waals surface area contributed by atoms with Gasteiger partial charge in [-0.3, -0.25) is 0 Å². The van der Waals surface area contributed by atoms with Gasteiger partial charge in [-0.1, -0.05) is 72.3 Å². The van der Waals surface area contributed by atoms with Gasteiger partial charge in [0, 0.05) is 16.5 Å². The number of nitriles is 1. The summed E-state index contributed by atoms with van der Waals surface area (Å²) in [6, 6.07) is 35.8. The number of aryl methyl sites for hydroxylation is 1. The topological polar surface area (TPSA) is 28.7 Å². The van der Waals surface area contributed by atoms with Crippen molar-refractivity contribution >= 4 is 33.5 Å². The molecule has 0 amide bonds. The molecule has 2 nitrogen and oxygen atoms in total. The van der Waals surface area contributed by atoms with Crippen LogP contribution in [0.15, 0.2) is 97.1 Å². The van der Waals surface area contributed by atoms with Crippen LogP contribution in [0.5, 0.6) is 0 Å². The maximum absolute atomic E-state index is 9.73. The third-order valence-corrected chi connectivity index (χ3v) is 5.51. The Balaban J connectivity index is 1.71. The summed E-state index contributed by atoms with van der Waals surface area (Å²) in [6.45, 7) is 2.05. The van der Waals surface area contributed by atoms with Gasteiger partial charge in [-0.15, -0.1) is 0 Å². The van der Waals surface area contributed by atoms with Gasteiger partial charge < -0.3 is 4.57 Å². The molecule has 0 saturated heterocycles. The van der Waals surface area contributed by atoms with Crippen LogP contribution in [-0.4, -0.2) is 4.57 Å². The van der Waals surface area contributed by atoms with E-state index in [1.807, 2.05) is 36.4 Å². The smallest absolute Gasteiger partial charge is 0.0998 e. The first-order chi connectivity index (χ1) is 14.7. The fourth-order valence-corrected chi connectivity index (χ4v) is 4.02. The van der Waals surface area contributed by atoms with Crippen molar-refractivity contribution in [3.05, 3.63) is 114 Å². The van der Waals surface area contributed by atoms with Crippen LogP contribution in [0.1, 0.15) is 16.7 Å². The third-order valence-electron chi connectivity index (χ3n) is 5.51. The Morgan fingerprint density at radius 1 is 0.767 bits per heavy atom. The molecule has 0 spiro atoms. The lowest BCUT2D eigenvalue weighted by Gasteiger charge is -2.07. The summed E-state index contributed by atoms with van der Waals surface area (Å²) in [7, 11) is 0. The fraction of sp³-hybridized carbons (Fsp3) is 0.0357. The number of para-hydroxylation sites is 2. The monoisotopic (exact) mass is 384 g/mol. The number of aromatic nitrogens is 1. The van der Waals surface area contributed by atoms with E-state index in [1.165, 1.54) is 21.9 Å². The van der Waals surface area contributed by atoms with Gasteiger partial charge in [-0.05, 0) is 54.5 Å². The minimum absolute atomic E-state index is 0.668. The van der Waals surface area contributed by atoms with Crippen molar-refractivity contribution in [3.8, 4) is 11.8 Å². The van der Waals surface area contributed by atoms with Crippen LogP contribution in [0.2, 0.25) is 0 Å². The highest BCUT2D eigenvalue weighted by Crippen LogP contribution is 2.33. The molecule has 1 heterocycles. The molecule has 0 fully saturated rings. The van der Waals surface area contributed by atoms with Crippen LogP contribution in [0.4, 0.5) is 0 Å². The molecule has 0 aliphatic heterocycles. The van der Waals surface area contributed by atoms with E-state index in [2.05, 4.69) is 84.3 Å². The molecule has 5 rings (SSSR count). The van der Waals surface area contributed by atoms with Crippen LogP contribution in [0.25, 0.3) is 39.1 Å². The maximum atomic E-state index is 9.73. The van der Waals surface area contributed by atoms with Crippen molar-refractivity contribution in [1.82, 2.24) is 4.57 Å². The van der Waals surface area contributed by atoms with E-state index < -0.39 is 0 Å². The Kier molecular flexibility index (Phi) is 4.42. The minimum atomic E-state index is 0.668. The quantitative estimate of drug-likeness (QED) is 0.240. The van der Waals surface area contributed by atoms with Crippen molar-refractivity contribution in [2.45, 2.75) is 6.92 Å². The van der Waals surface area contributed by atoms with E-state index in [-0.39, 0.29) is 0 Å². The van der Waals surface area contributed by atoms with E-state index in [0.29, 0.717) is 5.57 Å². The molecular formula is C28H20N2. The first-order valence-corrected chi connectivity index (χ1v) is 10.0. The zero-order valence-corrected chi connectivity index (χ0v) is 16.7. The summed E-state index contributed by atoms with van der Waals surface area (Å²) in [5, 5.41) is 12.1. The number of allylic oxidation sites excluding steroid dienone is 1. The lowest BCUT2D eigenvalue weighted by atomic mass is 10.0. The van der Waals surface area contributed by atoms with E-state index in [4.69, 9.17) is 0 Å². The molecule has 142 valence electrons. The zero-order valence-electron chi connectivity index (χ0n) is 16.7. The van der Waals surface area contributed by atoms with Gasteiger partial charge >= 0.3 is 0 Å². The average Bonchev–Trinajstić information content (AvgIpc) is 3.12. The van der Waals surface area contributed by atoms with Crippen LogP contribution >= 0.6 is 0 Å². The molecule has 0 N–H and O–H groups in total. The highest BCUT2D eigenvalue weighted by molar-refractivity contribution is 6.10. The first-order valence-electron chi connectivity index (χ1n) is 10.0. The summed E-state index contributed by atoms with van der Waals surface area (Å²) in [5.74, 6) is 0. The summed E-state index contributed by atoms with van der Waals surface area (Å²) in [4.78, 5) is 0. The Morgan fingerprint density at radius 3 is 2.23 bits per heavy atom. The summed E-state index contributed by atoms with van der Waals surface area (Å²) in [6.07, 6.45) is 1.97. The van der Waals surface area contributed by atoms with Crippen LogP contribution in [-0.2, 0) is 0 Å². The molecule has 0 unspecified atom stereocenters. The average molecular weight is 384 g/mol. The van der Waals surface area contributed by atoms with Gasteiger partial charge in [-0.2, -0.15) is 5.26 Å². The Bertz CT molecular complexity index is 1430. The molecule has 30 heavy (non-hydrogen) atoms. The zero-order chi connectivity index (χ0) is 20.5. The Labute approximate surface area is 175 Å². The standard InChI is InChI=1S/C28H20N2/c1-20-11-14-22(15-12-20)23(19-29)17-21-13-16-28-26(18-21)25-9-5-6-10-27(25)30(28)24-7-3-2-4-8-24/h2-18H,1H3/b23-17+. The van der Waals surface area contributed by atoms with E-state index >= 15 is 0 Å². The molecule has 1 aromatic heterocycles. The molecule has 2 heteroatoms. The van der Waals surface area contributed by atoms with Gasteiger partial charge in [0.15, 0.2) is 0 Å². The lowest BCUT2D eigenvalue weighted by molar-refractivity contribution is 1.18. The van der Waals surface area contributed by atoms with Gasteiger partial charge in [0.1, 0.15) is 0 Å².